The molecule has 1 aliphatic heterocycles. The van der Waals surface area contributed by atoms with E-state index in [1.54, 1.807) is 21.7 Å². The van der Waals surface area contributed by atoms with Crippen LogP contribution in [0.3, 0.4) is 0 Å². The van der Waals surface area contributed by atoms with Crippen LogP contribution in [0.1, 0.15) is 42.1 Å². The first-order valence-corrected chi connectivity index (χ1v) is 12.2. The molecular weight excluding hydrogens is 464 g/mol. The summed E-state index contributed by atoms with van der Waals surface area (Å²) >= 11 is 1.22. The van der Waals surface area contributed by atoms with Crippen molar-refractivity contribution in [3.63, 3.8) is 0 Å². The highest BCUT2D eigenvalue weighted by Crippen LogP contribution is 2.34. The normalized spacial score (nSPS) is 15.6. The molecule has 1 fully saturated rings. The van der Waals surface area contributed by atoms with Crippen LogP contribution in [0.25, 0.3) is 27.5 Å². The highest BCUT2D eigenvalue weighted by Gasteiger charge is 2.31. The first kappa shape index (κ1) is 22.9. The van der Waals surface area contributed by atoms with Crippen molar-refractivity contribution in [2.24, 2.45) is 0 Å². The molecule has 1 atom stereocenters. The molecule has 1 saturated heterocycles. The summed E-state index contributed by atoms with van der Waals surface area (Å²) in [4.78, 5) is 19.3. The molecule has 11 heteroatoms. The van der Waals surface area contributed by atoms with Gasteiger partial charge in [-0.05, 0) is 51.0 Å². The summed E-state index contributed by atoms with van der Waals surface area (Å²) in [6.45, 7) is 4.65. The smallest absolute Gasteiger partial charge is 0.285 e. The molecule has 0 saturated carbocycles. The number of pyridine rings is 1. The Bertz CT molecular complexity index is 1440. The van der Waals surface area contributed by atoms with E-state index in [-0.39, 0.29) is 24.6 Å². The number of aliphatic hydroxyl groups excluding tert-OH is 1. The lowest BCUT2D eigenvalue weighted by molar-refractivity contribution is 0.0676. The lowest BCUT2D eigenvalue weighted by Crippen LogP contribution is -2.37. The largest absolute Gasteiger partial charge is 0.394 e. The number of rotatable bonds is 6. The van der Waals surface area contributed by atoms with Gasteiger partial charge in [0, 0.05) is 24.5 Å². The van der Waals surface area contributed by atoms with Crippen molar-refractivity contribution in [3.05, 3.63) is 47.2 Å². The molecule has 35 heavy (non-hydrogen) atoms. The number of nitrogens with zero attached hydrogens (tertiary/aromatic N) is 7. The third-order valence-corrected chi connectivity index (χ3v) is 6.87. The number of nitrogens with one attached hydrogen (secondary N) is 1. The van der Waals surface area contributed by atoms with E-state index in [9.17, 15) is 9.90 Å². The number of hydrogen-bond acceptors (Lipinski definition) is 9. The average molecular weight is 489 g/mol. The van der Waals surface area contributed by atoms with Gasteiger partial charge >= 0.3 is 0 Å². The number of likely N-dealkylation sites (tertiary alicyclic amines) is 1. The molecule has 1 amide bonds. The van der Waals surface area contributed by atoms with Gasteiger partial charge in [-0.1, -0.05) is 11.3 Å². The molecule has 178 valence electrons. The molecule has 0 aliphatic carbocycles. The maximum Gasteiger partial charge on any atom is 0.285 e. The van der Waals surface area contributed by atoms with E-state index in [0.29, 0.717) is 27.8 Å². The molecule has 5 heterocycles. The summed E-state index contributed by atoms with van der Waals surface area (Å²) in [6.07, 6.45) is 4.92. The Kier molecular flexibility index (Phi) is 6.15. The molecule has 1 unspecified atom stereocenters. The number of aliphatic hydroxyl groups is 1. The van der Waals surface area contributed by atoms with Gasteiger partial charge in [0.2, 0.25) is 5.01 Å². The first-order valence-electron chi connectivity index (χ1n) is 11.4. The minimum Gasteiger partial charge on any atom is -0.394 e. The lowest BCUT2D eigenvalue weighted by atomic mass is 10.1. The van der Waals surface area contributed by atoms with Crippen molar-refractivity contribution < 1.29 is 9.90 Å². The van der Waals surface area contributed by atoms with Crippen molar-refractivity contribution >= 4 is 28.4 Å². The highest BCUT2D eigenvalue weighted by atomic mass is 32.1. The summed E-state index contributed by atoms with van der Waals surface area (Å²) in [5.74, 6) is -0.198. The Balaban J connectivity index is 1.50. The number of anilines is 1. The van der Waals surface area contributed by atoms with Gasteiger partial charge in [-0.25, -0.2) is 4.52 Å². The van der Waals surface area contributed by atoms with Crippen molar-refractivity contribution in [2.45, 2.75) is 38.8 Å². The standard InChI is InChI=1S/C24H24N8O2S/c1-14(2)28-19-9-20(21-6-5-16-8-15(10-25)11-27-32(16)21)26-12-18(19)22-29-30-23(35-22)24(34)31-7-3-4-17(31)13-33/h5-6,8-9,11-12,14,17,33H,3-4,7,13H2,1-2H3,(H,26,28). The Morgan fingerprint density at radius 2 is 2.17 bits per heavy atom. The van der Waals surface area contributed by atoms with Gasteiger partial charge in [-0.3, -0.25) is 9.78 Å². The van der Waals surface area contributed by atoms with Crippen molar-refractivity contribution in [3.8, 4) is 28.0 Å². The Labute approximate surface area is 205 Å². The Morgan fingerprint density at radius 1 is 1.31 bits per heavy atom. The zero-order valence-electron chi connectivity index (χ0n) is 19.3. The second-order valence-electron chi connectivity index (χ2n) is 8.72. The molecule has 1 aliphatic rings. The number of fused-ring (bicyclic) bond motifs is 1. The van der Waals surface area contributed by atoms with E-state index < -0.39 is 0 Å². The van der Waals surface area contributed by atoms with E-state index in [0.717, 1.165) is 35.3 Å². The molecule has 4 aromatic heterocycles. The second kappa shape index (κ2) is 9.40. The van der Waals surface area contributed by atoms with Crippen LogP contribution in [-0.4, -0.2) is 65.9 Å². The van der Waals surface area contributed by atoms with Crippen LogP contribution in [0.2, 0.25) is 0 Å². The number of amides is 1. The van der Waals surface area contributed by atoms with Crippen LogP contribution >= 0.6 is 11.3 Å². The number of carbonyl (C=O) groups excluding carboxylic acids is 1. The Morgan fingerprint density at radius 3 is 2.94 bits per heavy atom. The summed E-state index contributed by atoms with van der Waals surface area (Å²) in [5.41, 5.74) is 4.36. The second-order valence-corrected chi connectivity index (χ2v) is 9.69. The van der Waals surface area contributed by atoms with Crippen LogP contribution in [0.4, 0.5) is 5.69 Å². The fourth-order valence-electron chi connectivity index (χ4n) is 4.28. The molecule has 5 rings (SSSR count). The van der Waals surface area contributed by atoms with E-state index in [1.807, 2.05) is 32.0 Å². The summed E-state index contributed by atoms with van der Waals surface area (Å²) in [7, 11) is 0. The Hall–Kier alpha value is -3.88. The van der Waals surface area contributed by atoms with E-state index in [1.165, 1.54) is 17.5 Å². The van der Waals surface area contributed by atoms with Gasteiger partial charge in [0.15, 0.2) is 5.01 Å². The predicted octanol–water partition coefficient (Wildman–Crippen LogP) is 3.20. The van der Waals surface area contributed by atoms with Crippen LogP contribution in [-0.2, 0) is 0 Å². The number of hydrogen-bond donors (Lipinski definition) is 2. The maximum atomic E-state index is 13.0. The number of aromatic nitrogens is 5. The molecule has 4 aromatic rings. The van der Waals surface area contributed by atoms with E-state index in [4.69, 9.17) is 5.26 Å². The average Bonchev–Trinajstić information content (AvgIpc) is 3.62. The van der Waals surface area contributed by atoms with Gasteiger partial charge < -0.3 is 15.3 Å². The van der Waals surface area contributed by atoms with Gasteiger partial charge in [-0.15, -0.1) is 10.2 Å². The maximum absolute atomic E-state index is 13.0. The van der Waals surface area contributed by atoms with Gasteiger partial charge in [0.1, 0.15) is 6.07 Å². The zero-order valence-corrected chi connectivity index (χ0v) is 20.2. The summed E-state index contributed by atoms with van der Waals surface area (Å²) < 4.78 is 1.75. The third-order valence-electron chi connectivity index (χ3n) is 5.93. The monoisotopic (exact) mass is 488 g/mol. The summed E-state index contributed by atoms with van der Waals surface area (Å²) in [5, 5.41) is 35.9. The minimum absolute atomic E-state index is 0.0493. The number of nitriles is 1. The third kappa shape index (κ3) is 4.34. The van der Waals surface area contributed by atoms with E-state index >= 15 is 0 Å². The topological polar surface area (TPSA) is 132 Å². The lowest BCUT2D eigenvalue weighted by Gasteiger charge is -2.21. The van der Waals surface area contributed by atoms with Crippen LogP contribution in [0, 0.1) is 11.3 Å². The molecule has 0 bridgehead atoms. The van der Waals surface area contributed by atoms with Gasteiger partial charge in [-0.2, -0.15) is 10.4 Å². The fourth-order valence-corrected chi connectivity index (χ4v) is 5.11. The predicted molar refractivity (Wildman–Crippen MR) is 132 cm³/mol. The molecule has 2 N–H and O–H groups in total. The molecular formula is C24H24N8O2S. The number of carbonyl (C=O) groups is 1. The first-order chi connectivity index (χ1) is 17.0. The minimum atomic E-state index is -0.198. The van der Waals surface area contributed by atoms with Crippen LogP contribution in [0.15, 0.2) is 36.7 Å². The zero-order chi connectivity index (χ0) is 24.5. The van der Waals surface area contributed by atoms with Gasteiger partial charge in [0.25, 0.3) is 5.91 Å². The van der Waals surface area contributed by atoms with Crippen molar-refractivity contribution in [1.29, 1.82) is 5.26 Å². The fraction of sp³-hybridized carbons (Fsp3) is 0.333. The quantitative estimate of drug-likeness (QED) is 0.423. The highest BCUT2D eigenvalue weighted by molar-refractivity contribution is 7.16. The molecule has 10 nitrogen and oxygen atoms in total. The van der Waals surface area contributed by atoms with Crippen LogP contribution in [0.5, 0.6) is 0 Å². The molecule has 0 radical (unpaired) electrons. The van der Waals surface area contributed by atoms with Crippen molar-refractivity contribution in [1.82, 2.24) is 29.7 Å². The SMILES string of the molecule is CC(C)Nc1cc(-c2ccc3cc(C#N)cnn23)ncc1-c1nnc(C(=O)N2CCCC2CO)s1. The van der Waals surface area contributed by atoms with E-state index in [2.05, 4.69) is 31.7 Å². The van der Waals surface area contributed by atoms with Crippen LogP contribution < -0.4 is 5.32 Å². The summed E-state index contributed by atoms with van der Waals surface area (Å²) in [6, 6.07) is 9.61. The van der Waals surface area contributed by atoms with Gasteiger partial charge in [0.05, 0.1) is 46.9 Å². The molecule has 0 aromatic carbocycles. The molecule has 0 spiro atoms. The van der Waals surface area contributed by atoms with Crippen molar-refractivity contribution in [2.75, 3.05) is 18.5 Å².